The maximum absolute atomic E-state index is 13.0. The molecule has 2 rings (SSSR count). The summed E-state index contributed by atoms with van der Waals surface area (Å²) in [5.74, 6) is -1.36. The van der Waals surface area contributed by atoms with E-state index in [1.807, 2.05) is 0 Å². The van der Waals surface area contributed by atoms with Crippen LogP contribution in [0.25, 0.3) is 6.08 Å². The van der Waals surface area contributed by atoms with Crippen LogP contribution in [0.5, 0.6) is 0 Å². The summed E-state index contributed by atoms with van der Waals surface area (Å²) < 4.78 is 17.6. The molecule has 2 aromatic rings. The first-order valence-electron chi connectivity index (χ1n) is 6.62. The van der Waals surface area contributed by atoms with Gasteiger partial charge in [0.1, 0.15) is 5.82 Å². The number of halogens is 2. The Labute approximate surface area is 137 Å². The fourth-order valence-corrected chi connectivity index (χ4v) is 1.96. The van der Waals surface area contributed by atoms with Gasteiger partial charge in [-0.25, -0.2) is 9.18 Å². The van der Waals surface area contributed by atoms with Crippen LogP contribution in [0.3, 0.4) is 0 Å². The summed E-state index contributed by atoms with van der Waals surface area (Å²) in [6.45, 7) is 0. The van der Waals surface area contributed by atoms with E-state index >= 15 is 0 Å². The number of nitrogens with one attached hydrogen (secondary N) is 1. The SMILES string of the molecule is COC(=O)c1ccc(/C=C/C(=O)Nc2ccc(F)c(Cl)c2)cc1. The van der Waals surface area contributed by atoms with Crippen LogP contribution in [0.15, 0.2) is 48.5 Å². The lowest BCUT2D eigenvalue weighted by molar-refractivity contribution is -0.111. The number of anilines is 1. The van der Waals surface area contributed by atoms with E-state index in [9.17, 15) is 14.0 Å². The topological polar surface area (TPSA) is 55.4 Å². The van der Waals surface area contributed by atoms with Crippen LogP contribution in [-0.2, 0) is 9.53 Å². The first kappa shape index (κ1) is 16.7. The summed E-state index contributed by atoms with van der Waals surface area (Å²) in [5, 5.41) is 2.50. The number of benzene rings is 2. The third kappa shape index (κ3) is 4.66. The molecule has 0 unspecified atom stereocenters. The zero-order valence-electron chi connectivity index (χ0n) is 12.2. The van der Waals surface area contributed by atoms with Crippen molar-refractivity contribution in [2.75, 3.05) is 12.4 Å². The van der Waals surface area contributed by atoms with Gasteiger partial charge in [-0.05, 0) is 42.0 Å². The summed E-state index contributed by atoms with van der Waals surface area (Å²) >= 11 is 5.64. The molecule has 0 bridgehead atoms. The van der Waals surface area contributed by atoms with Crippen LogP contribution in [0.1, 0.15) is 15.9 Å². The van der Waals surface area contributed by atoms with Gasteiger partial charge < -0.3 is 10.1 Å². The molecule has 0 saturated carbocycles. The minimum Gasteiger partial charge on any atom is -0.465 e. The molecule has 0 aromatic heterocycles. The van der Waals surface area contributed by atoms with Crippen molar-refractivity contribution < 1.29 is 18.7 Å². The van der Waals surface area contributed by atoms with E-state index in [1.165, 1.54) is 31.4 Å². The number of hydrogen-bond acceptors (Lipinski definition) is 3. The molecule has 0 aliphatic carbocycles. The van der Waals surface area contributed by atoms with Crippen molar-refractivity contribution in [1.29, 1.82) is 0 Å². The van der Waals surface area contributed by atoms with E-state index in [2.05, 4.69) is 10.1 Å². The van der Waals surface area contributed by atoms with Crippen molar-refractivity contribution in [2.24, 2.45) is 0 Å². The lowest BCUT2D eigenvalue weighted by Crippen LogP contribution is -2.07. The fraction of sp³-hybridized carbons (Fsp3) is 0.0588. The van der Waals surface area contributed by atoms with Crippen molar-refractivity contribution in [3.8, 4) is 0 Å². The molecule has 4 nitrogen and oxygen atoms in total. The fourth-order valence-electron chi connectivity index (χ4n) is 1.78. The van der Waals surface area contributed by atoms with E-state index in [-0.39, 0.29) is 10.9 Å². The highest BCUT2D eigenvalue weighted by molar-refractivity contribution is 6.31. The molecule has 6 heteroatoms. The second-order valence-electron chi connectivity index (χ2n) is 4.57. The number of hydrogen-bond donors (Lipinski definition) is 1. The van der Waals surface area contributed by atoms with Gasteiger partial charge in [-0.3, -0.25) is 4.79 Å². The Morgan fingerprint density at radius 1 is 1.17 bits per heavy atom. The quantitative estimate of drug-likeness (QED) is 0.681. The Morgan fingerprint density at radius 2 is 1.87 bits per heavy atom. The van der Waals surface area contributed by atoms with Gasteiger partial charge in [0, 0.05) is 11.8 Å². The summed E-state index contributed by atoms with van der Waals surface area (Å²) in [5.41, 5.74) is 1.56. The van der Waals surface area contributed by atoms with Crippen LogP contribution in [0.2, 0.25) is 5.02 Å². The molecule has 0 heterocycles. The van der Waals surface area contributed by atoms with Gasteiger partial charge in [-0.2, -0.15) is 0 Å². The van der Waals surface area contributed by atoms with Gasteiger partial charge in [-0.15, -0.1) is 0 Å². The molecule has 0 fully saturated rings. The molecule has 1 amide bonds. The summed E-state index contributed by atoms with van der Waals surface area (Å²) in [6.07, 6.45) is 2.91. The van der Waals surface area contributed by atoms with Gasteiger partial charge >= 0.3 is 5.97 Å². The summed E-state index contributed by atoms with van der Waals surface area (Å²) in [4.78, 5) is 23.1. The van der Waals surface area contributed by atoms with Crippen molar-refractivity contribution in [2.45, 2.75) is 0 Å². The van der Waals surface area contributed by atoms with E-state index in [4.69, 9.17) is 11.6 Å². The largest absolute Gasteiger partial charge is 0.465 e. The molecule has 23 heavy (non-hydrogen) atoms. The van der Waals surface area contributed by atoms with Gasteiger partial charge in [0.2, 0.25) is 5.91 Å². The minimum absolute atomic E-state index is 0.0646. The Kier molecular flexibility index (Phi) is 5.49. The highest BCUT2D eigenvalue weighted by Crippen LogP contribution is 2.19. The molecule has 0 aliphatic heterocycles. The van der Waals surface area contributed by atoms with Crippen molar-refractivity contribution >= 4 is 35.2 Å². The number of amides is 1. The number of ether oxygens (including phenoxy) is 1. The summed E-state index contributed by atoms with van der Waals surface area (Å²) in [6, 6.07) is 10.5. The van der Waals surface area contributed by atoms with Crippen LogP contribution in [0, 0.1) is 5.82 Å². The predicted octanol–water partition coefficient (Wildman–Crippen LogP) is 3.92. The normalized spacial score (nSPS) is 10.6. The number of carbonyl (C=O) groups is 2. The Hall–Kier alpha value is -2.66. The van der Waals surface area contributed by atoms with Gasteiger partial charge in [0.15, 0.2) is 0 Å². The van der Waals surface area contributed by atoms with Gasteiger partial charge in [0.25, 0.3) is 0 Å². The highest BCUT2D eigenvalue weighted by Gasteiger charge is 2.04. The Balaban J connectivity index is 2.00. The molecule has 0 radical (unpaired) electrons. The first-order valence-corrected chi connectivity index (χ1v) is 7.00. The van der Waals surface area contributed by atoms with Gasteiger partial charge in [-0.1, -0.05) is 23.7 Å². The minimum atomic E-state index is -0.550. The highest BCUT2D eigenvalue weighted by atomic mass is 35.5. The molecular weight excluding hydrogens is 321 g/mol. The number of methoxy groups -OCH3 is 1. The van der Waals surface area contributed by atoms with E-state index < -0.39 is 11.8 Å². The average Bonchev–Trinajstić information content (AvgIpc) is 2.56. The van der Waals surface area contributed by atoms with Crippen LogP contribution in [-0.4, -0.2) is 19.0 Å². The molecule has 2 aromatic carbocycles. The average molecular weight is 334 g/mol. The zero-order chi connectivity index (χ0) is 16.8. The lowest BCUT2D eigenvalue weighted by Gasteiger charge is -2.03. The van der Waals surface area contributed by atoms with Crippen molar-refractivity contribution in [3.05, 3.63) is 70.5 Å². The first-order chi connectivity index (χ1) is 11.0. The van der Waals surface area contributed by atoms with E-state index in [0.717, 1.165) is 5.56 Å². The number of carbonyl (C=O) groups excluding carboxylic acids is 2. The van der Waals surface area contributed by atoms with Crippen LogP contribution >= 0.6 is 11.6 Å². The molecule has 0 aliphatic rings. The Bertz CT molecular complexity index is 757. The third-order valence-corrected chi connectivity index (χ3v) is 3.24. The van der Waals surface area contributed by atoms with Crippen LogP contribution < -0.4 is 5.32 Å². The maximum atomic E-state index is 13.0. The third-order valence-electron chi connectivity index (χ3n) is 2.95. The number of rotatable bonds is 4. The zero-order valence-corrected chi connectivity index (χ0v) is 12.9. The molecule has 1 N–H and O–H groups in total. The van der Waals surface area contributed by atoms with E-state index in [0.29, 0.717) is 11.3 Å². The van der Waals surface area contributed by atoms with Crippen LogP contribution in [0.4, 0.5) is 10.1 Å². The monoisotopic (exact) mass is 333 g/mol. The second kappa shape index (κ2) is 7.56. The maximum Gasteiger partial charge on any atom is 0.337 e. The van der Waals surface area contributed by atoms with Gasteiger partial charge in [0.05, 0.1) is 17.7 Å². The predicted molar refractivity (Wildman–Crippen MR) is 86.9 cm³/mol. The standard InChI is InChI=1S/C17H13ClFNO3/c1-23-17(22)12-5-2-11(3-6-12)4-9-16(21)20-13-7-8-15(19)14(18)10-13/h2-10H,1H3,(H,20,21)/b9-4+. The molecule has 118 valence electrons. The number of esters is 1. The Morgan fingerprint density at radius 3 is 2.48 bits per heavy atom. The lowest BCUT2D eigenvalue weighted by atomic mass is 10.1. The van der Waals surface area contributed by atoms with Crippen molar-refractivity contribution in [1.82, 2.24) is 0 Å². The van der Waals surface area contributed by atoms with Crippen molar-refractivity contribution in [3.63, 3.8) is 0 Å². The summed E-state index contributed by atoms with van der Waals surface area (Å²) in [7, 11) is 1.31. The smallest absolute Gasteiger partial charge is 0.337 e. The second-order valence-corrected chi connectivity index (χ2v) is 4.97. The molecular formula is C17H13ClFNO3. The molecule has 0 saturated heterocycles. The molecule has 0 atom stereocenters. The molecule has 0 spiro atoms. The van der Waals surface area contributed by atoms with E-state index in [1.54, 1.807) is 30.3 Å².